The predicted molar refractivity (Wildman–Crippen MR) is 83.6 cm³/mol. The molecule has 19 heavy (non-hydrogen) atoms. The minimum Gasteiger partial charge on any atom is -0.486 e. The first-order valence-corrected chi connectivity index (χ1v) is 7.71. The molecule has 0 aromatic heterocycles. The fourth-order valence-corrected chi connectivity index (χ4v) is 3.38. The number of halogens is 1. The van der Waals surface area contributed by atoms with Gasteiger partial charge in [0.1, 0.15) is 11.9 Å². The summed E-state index contributed by atoms with van der Waals surface area (Å²) in [6.45, 7) is 0.740. The fourth-order valence-electron chi connectivity index (χ4n) is 2.62. The van der Waals surface area contributed by atoms with Gasteiger partial charge in [-0.1, -0.05) is 0 Å². The van der Waals surface area contributed by atoms with Crippen LogP contribution in [0.1, 0.15) is 19.3 Å². The second-order valence-electron chi connectivity index (χ2n) is 5.36. The predicted octanol–water partition coefficient (Wildman–Crippen LogP) is 2.82. The molecule has 3 rings (SSSR count). The number of nitrogen functional groups attached to an aromatic ring is 1. The maximum atomic E-state index is 11.7. The van der Waals surface area contributed by atoms with E-state index in [1.54, 1.807) is 0 Å². The molecule has 2 atom stereocenters. The number of nitrogens with one attached hydrogen (secondary N) is 1. The van der Waals surface area contributed by atoms with Crippen molar-refractivity contribution >= 4 is 37.8 Å². The first kappa shape index (κ1) is 13.0. The van der Waals surface area contributed by atoms with Crippen LogP contribution in [-0.2, 0) is 4.79 Å². The number of carbonyl (C=O) groups excluding carboxylic acids is 1. The molecule has 3 N–H and O–H groups in total. The zero-order valence-corrected chi connectivity index (χ0v) is 12.7. The Morgan fingerprint density at radius 3 is 3.00 bits per heavy atom. The number of hydrogen-bond acceptors (Lipinski definition) is 4. The van der Waals surface area contributed by atoms with Gasteiger partial charge in [0.05, 0.1) is 12.2 Å². The summed E-state index contributed by atoms with van der Waals surface area (Å²) in [7, 11) is 0. The summed E-state index contributed by atoms with van der Waals surface area (Å²) in [6, 6.07) is 5.61. The lowest BCUT2D eigenvalue weighted by molar-refractivity contribution is -0.114. The highest BCUT2D eigenvalue weighted by molar-refractivity contribution is 14.1. The lowest BCUT2D eigenvalue weighted by Crippen LogP contribution is -2.34. The van der Waals surface area contributed by atoms with Gasteiger partial charge in [0, 0.05) is 11.6 Å². The van der Waals surface area contributed by atoms with Crippen molar-refractivity contribution in [1.82, 2.24) is 0 Å². The zero-order valence-electron chi connectivity index (χ0n) is 10.6. The molecule has 0 amide bonds. The van der Waals surface area contributed by atoms with Crippen LogP contribution in [0, 0.1) is 11.8 Å². The highest BCUT2D eigenvalue weighted by atomic mass is 127. The van der Waals surface area contributed by atoms with Crippen molar-refractivity contribution in [2.24, 2.45) is 11.8 Å². The van der Waals surface area contributed by atoms with E-state index < -0.39 is 0 Å². The molecule has 1 aliphatic heterocycles. The average molecular weight is 372 g/mol. The summed E-state index contributed by atoms with van der Waals surface area (Å²) in [5.74, 6) is 1.57. The second-order valence-corrected chi connectivity index (χ2v) is 6.42. The molecule has 0 bridgehead atoms. The first-order valence-electron chi connectivity index (χ1n) is 6.63. The van der Waals surface area contributed by atoms with Crippen LogP contribution in [0.15, 0.2) is 18.2 Å². The molecule has 0 radical (unpaired) electrons. The average Bonchev–Trinajstić information content (AvgIpc) is 3.20. The van der Waals surface area contributed by atoms with E-state index >= 15 is 0 Å². The summed E-state index contributed by atoms with van der Waals surface area (Å²) < 4.78 is 6.24. The van der Waals surface area contributed by atoms with Gasteiger partial charge in [0.2, 0.25) is 0 Å². The van der Waals surface area contributed by atoms with Crippen LogP contribution in [0.3, 0.4) is 0 Å². The van der Waals surface area contributed by atoms with Crippen molar-refractivity contribution in [3.63, 3.8) is 0 Å². The van der Waals surface area contributed by atoms with Gasteiger partial charge < -0.3 is 15.8 Å². The Bertz CT molecular complexity index is 502. The number of anilines is 2. The maximum Gasteiger partial charge on any atom is 0.195 e. The number of ether oxygens (including phenoxy) is 1. The van der Waals surface area contributed by atoms with Crippen LogP contribution >= 0.6 is 22.6 Å². The Hall–Kier alpha value is -0.980. The normalized spacial score (nSPS) is 22.9. The number of fused-ring (bicyclic) bond motifs is 1. The molecule has 102 valence electrons. The Morgan fingerprint density at radius 2 is 2.32 bits per heavy atom. The van der Waals surface area contributed by atoms with Gasteiger partial charge >= 0.3 is 0 Å². The van der Waals surface area contributed by atoms with E-state index in [-0.39, 0.29) is 15.8 Å². The van der Waals surface area contributed by atoms with Gasteiger partial charge in [0.15, 0.2) is 3.79 Å². The lowest BCUT2D eigenvalue weighted by atomic mass is 9.97. The number of rotatable bonds is 4. The van der Waals surface area contributed by atoms with Crippen LogP contribution in [0.25, 0.3) is 0 Å². The van der Waals surface area contributed by atoms with E-state index in [9.17, 15) is 4.79 Å². The fraction of sp³-hybridized carbons (Fsp3) is 0.500. The van der Waals surface area contributed by atoms with Gasteiger partial charge in [-0.2, -0.15) is 0 Å². The van der Waals surface area contributed by atoms with Gasteiger partial charge in [-0.05, 0) is 66.0 Å². The summed E-state index contributed by atoms with van der Waals surface area (Å²) in [6.07, 6.45) is 3.25. The molecule has 4 nitrogen and oxygen atoms in total. The van der Waals surface area contributed by atoms with Crippen molar-refractivity contribution in [2.75, 3.05) is 17.6 Å². The Morgan fingerprint density at radius 1 is 1.53 bits per heavy atom. The number of hydrogen-bond donors (Lipinski definition) is 2. The molecule has 0 saturated heterocycles. The molecular formula is C14H17IN2O2. The molecule has 1 aliphatic carbocycles. The van der Waals surface area contributed by atoms with Crippen LogP contribution in [-0.4, -0.2) is 16.4 Å². The molecule has 1 unspecified atom stereocenters. The highest BCUT2D eigenvalue weighted by Gasteiger charge is 2.37. The maximum absolute atomic E-state index is 11.7. The standard InChI is InChI=1S/C14H17IN2O2/c15-14(18)11(8-1-2-8)6-10-7-17-12-5-9(16)3-4-13(12)19-10/h3-5,8,10-11,17H,1-2,6-7,16H2/t10-,11?/m0/s1. The largest absolute Gasteiger partial charge is 0.486 e. The van der Waals surface area contributed by atoms with Crippen LogP contribution in [0.4, 0.5) is 11.4 Å². The molecule has 1 aromatic rings. The van der Waals surface area contributed by atoms with E-state index in [1.165, 1.54) is 12.8 Å². The third-order valence-electron chi connectivity index (χ3n) is 3.82. The minimum absolute atomic E-state index is 0.0699. The van der Waals surface area contributed by atoms with Crippen molar-refractivity contribution < 1.29 is 9.53 Å². The number of nitrogens with two attached hydrogens (primary N) is 1. The molecule has 1 saturated carbocycles. The van der Waals surface area contributed by atoms with Crippen molar-refractivity contribution in [2.45, 2.75) is 25.4 Å². The van der Waals surface area contributed by atoms with E-state index in [0.29, 0.717) is 5.92 Å². The van der Waals surface area contributed by atoms with Crippen LogP contribution in [0.5, 0.6) is 5.75 Å². The van der Waals surface area contributed by atoms with Crippen LogP contribution in [0.2, 0.25) is 0 Å². The summed E-state index contributed by atoms with van der Waals surface area (Å²) in [5.41, 5.74) is 7.42. The van der Waals surface area contributed by atoms with Crippen molar-refractivity contribution in [3.8, 4) is 5.75 Å². The number of carbonyl (C=O) groups is 1. The van der Waals surface area contributed by atoms with Gasteiger partial charge in [-0.25, -0.2) is 0 Å². The second kappa shape index (κ2) is 5.19. The monoisotopic (exact) mass is 372 g/mol. The Balaban J connectivity index is 1.68. The topological polar surface area (TPSA) is 64.3 Å². The Kier molecular flexibility index (Phi) is 3.56. The van der Waals surface area contributed by atoms with E-state index in [2.05, 4.69) is 5.32 Å². The van der Waals surface area contributed by atoms with E-state index in [1.807, 2.05) is 40.8 Å². The van der Waals surface area contributed by atoms with Crippen molar-refractivity contribution in [3.05, 3.63) is 18.2 Å². The summed E-state index contributed by atoms with van der Waals surface area (Å²) >= 11 is 1.93. The quantitative estimate of drug-likeness (QED) is 0.485. The zero-order chi connectivity index (χ0) is 13.4. The van der Waals surface area contributed by atoms with E-state index in [4.69, 9.17) is 10.5 Å². The van der Waals surface area contributed by atoms with Gasteiger partial charge in [-0.3, -0.25) is 4.79 Å². The van der Waals surface area contributed by atoms with Gasteiger partial charge in [-0.15, -0.1) is 0 Å². The Labute approximate surface area is 126 Å². The highest BCUT2D eigenvalue weighted by Crippen LogP contribution is 2.42. The van der Waals surface area contributed by atoms with Crippen LogP contribution < -0.4 is 15.8 Å². The molecular weight excluding hydrogens is 355 g/mol. The third kappa shape index (κ3) is 2.96. The van der Waals surface area contributed by atoms with E-state index in [0.717, 1.165) is 30.1 Å². The SMILES string of the molecule is Nc1ccc2c(c1)NC[C@H](CC(C(=O)I)C1CC1)O2. The third-order valence-corrected chi connectivity index (χ3v) is 4.62. The molecule has 1 aromatic carbocycles. The molecule has 5 heteroatoms. The summed E-state index contributed by atoms with van der Waals surface area (Å²) in [5, 5.41) is 3.34. The first-order chi connectivity index (χ1) is 9.13. The minimum atomic E-state index is 0.0699. The summed E-state index contributed by atoms with van der Waals surface area (Å²) in [4.78, 5) is 11.7. The lowest BCUT2D eigenvalue weighted by Gasteiger charge is -2.29. The van der Waals surface area contributed by atoms with Crippen molar-refractivity contribution in [1.29, 1.82) is 0 Å². The van der Waals surface area contributed by atoms with Gasteiger partial charge in [0.25, 0.3) is 0 Å². The molecule has 1 fully saturated rings. The molecule has 2 aliphatic rings. The number of benzene rings is 1. The molecule has 1 heterocycles. The molecule has 0 spiro atoms. The smallest absolute Gasteiger partial charge is 0.195 e.